The van der Waals surface area contributed by atoms with Crippen molar-refractivity contribution in [1.82, 2.24) is 0 Å². The second kappa shape index (κ2) is 15.2. The fraction of sp³-hybridized carbons (Fsp3) is 0.941. The Morgan fingerprint density at radius 3 is 1.87 bits per heavy atom. The zero-order valence-electron chi connectivity index (χ0n) is 24.7. The Morgan fingerprint density at radius 1 is 0.737 bits per heavy atom. The van der Waals surface area contributed by atoms with E-state index in [0.29, 0.717) is 12.3 Å². The summed E-state index contributed by atoms with van der Waals surface area (Å²) in [6.45, 7) is 3.99. The van der Waals surface area contributed by atoms with Crippen molar-refractivity contribution >= 4 is 11.8 Å². The van der Waals surface area contributed by atoms with E-state index in [4.69, 9.17) is 4.74 Å². The molecule has 0 aromatic rings. The van der Waals surface area contributed by atoms with E-state index in [2.05, 4.69) is 6.92 Å². The summed E-state index contributed by atoms with van der Waals surface area (Å²) in [5.41, 5.74) is 0. The van der Waals surface area contributed by atoms with E-state index < -0.39 is 11.8 Å². The molecule has 0 amide bonds. The number of ketones is 1. The maximum atomic E-state index is 11.6. The number of hydrogen-bond acceptors (Lipinski definition) is 4. The highest BCUT2D eigenvalue weighted by molar-refractivity contribution is 6.32. The predicted octanol–water partition coefficient (Wildman–Crippen LogP) is 8.14. The summed E-state index contributed by atoms with van der Waals surface area (Å²) in [7, 11) is 0. The van der Waals surface area contributed by atoms with Crippen LogP contribution >= 0.6 is 0 Å². The van der Waals surface area contributed by atoms with Gasteiger partial charge < -0.3 is 9.84 Å². The number of fused-ring (bicyclic) bond motifs is 1. The van der Waals surface area contributed by atoms with Gasteiger partial charge in [0.2, 0.25) is 5.78 Å². The van der Waals surface area contributed by atoms with Gasteiger partial charge in [-0.15, -0.1) is 0 Å². The maximum absolute atomic E-state index is 11.6. The molecule has 0 radical (unpaired) electrons. The summed E-state index contributed by atoms with van der Waals surface area (Å²) in [5.74, 6) is 6.34. The highest BCUT2D eigenvalue weighted by atomic mass is 16.5. The number of rotatable bonds is 12. The lowest BCUT2D eigenvalue weighted by atomic mass is 9.59. The Labute approximate surface area is 233 Å². The van der Waals surface area contributed by atoms with Gasteiger partial charge in [0.05, 0.1) is 6.61 Å². The number of Topliss-reactive ketones (excluding diaryl/α,β-unsaturated/α-hetero) is 1. The summed E-state index contributed by atoms with van der Waals surface area (Å²) < 4.78 is 5.24. The van der Waals surface area contributed by atoms with Gasteiger partial charge in [-0.05, 0) is 143 Å². The first-order valence-corrected chi connectivity index (χ1v) is 16.8. The van der Waals surface area contributed by atoms with E-state index in [1.165, 1.54) is 110 Å². The fourth-order valence-electron chi connectivity index (χ4n) is 9.48. The smallest absolute Gasteiger partial charge is 0.374 e. The zero-order valence-corrected chi connectivity index (χ0v) is 24.7. The number of unbranched alkanes of at least 4 members (excludes halogenated alkanes) is 2. The lowest BCUT2D eigenvalue weighted by Gasteiger charge is -2.46. The van der Waals surface area contributed by atoms with Gasteiger partial charge in [0, 0.05) is 13.5 Å². The SMILES string of the molecule is CCCCCC1CCC2CC(C3CCC(C4CCC(C(CCO)COC(=O)C(C)=O)CC4)CC3)CCC2C1. The second-order valence-electron chi connectivity index (χ2n) is 14.0. The van der Waals surface area contributed by atoms with Gasteiger partial charge in [-0.25, -0.2) is 4.79 Å². The van der Waals surface area contributed by atoms with Crippen LogP contribution in [0.3, 0.4) is 0 Å². The molecule has 4 heteroatoms. The third kappa shape index (κ3) is 8.31. The average Bonchev–Trinajstić information content (AvgIpc) is 2.95. The molecule has 0 bridgehead atoms. The number of carbonyl (C=O) groups is 2. The van der Waals surface area contributed by atoms with Crippen LogP contribution in [-0.2, 0) is 14.3 Å². The van der Waals surface area contributed by atoms with Gasteiger partial charge in [0.1, 0.15) is 0 Å². The molecule has 4 rings (SSSR count). The van der Waals surface area contributed by atoms with Gasteiger partial charge in [0.25, 0.3) is 0 Å². The third-order valence-corrected chi connectivity index (χ3v) is 11.8. The highest BCUT2D eigenvalue weighted by Crippen LogP contribution is 2.51. The first kappa shape index (κ1) is 30.1. The monoisotopic (exact) mass is 530 g/mol. The van der Waals surface area contributed by atoms with Crippen LogP contribution in [0.1, 0.15) is 136 Å². The zero-order chi connectivity index (χ0) is 26.9. The van der Waals surface area contributed by atoms with Crippen LogP contribution in [0.4, 0.5) is 0 Å². The Morgan fingerprint density at radius 2 is 1.26 bits per heavy atom. The standard InChI is InChI=1S/C34H58O4/c1-3-4-5-6-25-7-8-32-22-31(18-17-30(32)21-25)28-13-9-26(10-14-28)27-11-15-29(16-12-27)33(19-20-35)23-38-34(37)24(2)36/h25-33,35H,3-23H2,1-2H3. The van der Waals surface area contributed by atoms with Crippen molar-refractivity contribution in [2.24, 2.45) is 53.3 Å². The largest absolute Gasteiger partial charge is 0.460 e. The van der Waals surface area contributed by atoms with Crippen molar-refractivity contribution in [3.8, 4) is 0 Å². The summed E-state index contributed by atoms with van der Waals surface area (Å²) in [5, 5.41) is 9.54. The first-order chi connectivity index (χ1) is 18.5. The molecule has 0 saturated heterocycles. The lowest BCUT2D eigenvalue weighted by molar-refractivity contribution is -0.154. The molecule has 4 fully saturated rings. The van der Waals surface area contributed by atoms with E-state index in [-0.39, 0.29) is 19.1 Å². The molecule has 0 aromatic heterocycles. The van der Waals surface area contributed by atoms with Crippen LogP contribution in [0, 0.1) is 53.3 Å². The molecule has 0 heterocycles. The molecule has 0 spiro atoms. The molecular weight excluding hydrogens is 472 g/mol. The summed E-state index contributed by atoms with van der Waals surface area (Å²) in [6, 6.07) is 0. The molecule has 38 heavy (non-hydrogen) atoms. The maximum Gasteiger partial charge on any atom is 0.374 e. The molecule has 0 aromatic carbocycles. The van der Waals surface area contributed by atoms with E-state index in [9.17, 15) is 14.7 Å². The molecule has 5 unspecified atom stereocenters. The van der Waals surface area contributed by atoms with Crippen LogP contribution < -0.4 is 0 Å². The Kier molecular flexibility index (Phi) is 12.0. The van der Waals surface area contributed by atoms with Crippen molar-refractivity contribution in [1.29, 1.82) is 0 Å². The molecule has 1 N–H and O–H groups in total. The first-order valence-electron chi connectivity index (χ1n) is 16.8. The fourth-order valence-corrected chi connectivity index (χ4v) is 9.48. The van der Waals surface area contributed by atoms with Crippen LogP contribution in [-0.4, -0.2) is 30.1 Å². The van der Waals surface area contributed by atoms with Crippen LogP contribution in [0.2, 0.25) is 0 Å². The van der Waals surface area contributed by atoms with Gasteiger partial charge in [-0.2, -0.15) is 0 Å². The number of aliphatic hydroxyl groups is 1. The minimum absolute atomic E-state index is 0.120. The summed E-state index contributed by atoms with van der Waals surface area (Å²) >= 11 is 0. The molecule has 4 aliphatic rings. The minimum Gasteiger partial charge on any atom is -0.460 e. The topological polar surface area (TPSA) is 63.6 Å². The van der Waals surface area contributed by atoms with Crippen molar-refractivity contribution in [3.05, 3.63) is 0 Å². The lowest BCUT2D eigenvalue weighted by Crippen LogP contribution is -2.35. The number of aliphatic hydroxyl groups excluding tert-OH is 1. The van der Waals surface area contributed by atoms with Crippen LogP contribution in [0.5, 0.6) is 0 Å². The van der Waals surface area contributed by atoms with Crippen LogP contribution in [0.25, 0.3) is 0 Å². The number of ether oxygens (including phenoxy) is 1. The second-order valence-corrected chi connectivity index (χ2v) is 14.0. The molecule has 4 nitrogen and oxygen atoms in total. The molecular formula is C34H58O4. The number of carbonyl (C=O) groups excluding carboxylic acids is 2. The molecule has 5 atom stereocenters. The van der Waals surface area contributed by atoms with Gasteiger partial charge >= 0.3 is 5.97 Å². The molecule has 218 valence electrons. The Balaban J connectivity index is 1.15. The van der Waals surface area contributed by atoms with E-state index >= 15 is 0 Å². The normalized spacial score (nSPS) is 36.7. The predicted molar refractivity (Wildman–Crippen MR) is 154 cm³/mol. The Bertz CT molecular complexity index is 718. The highest BCUT2D eigenvalue weighted by Gasteiger charge is 2.40. The minimum atomic E-state index is -0.734. The van der Waals surface area contributed by atoms with E-state index in [1.54, 1.807) is 12.8 Å². The van der Waals surface area contributed by atoms with Crippen molar-refractivity contribution in [2.75, 3.05) is 13.2 Å². The van der Waals surface area contributed by atoms with Crippen molar-refractivity contribution < 1.29 is 19.4 Å². The average molecular weight is 531 g/mol. The van der Waals surface area contributed by atoms with E-state index in [1.807, 2.05) is 0 Å². The van der Waals surface area contributed by atoms with Gasteiger partial charge in [-0.3, -0.25) is 4.79 Å². The summed E-state index contributed by atoms with van der Waals surface area (Å²) in [4.78, 5) is 22.8. The van der Waals surface area contributed by atoms with Crippen molar-refractivity contribution in [3.63, 3.8) is 0 Å². The third-order valence-electron chi connectivity index (χ3n) is 11.8. The molecule has 4 saturated carbocycles. The van der Waals surface area contributed by atoms with Gasteiger partial charge in [-0.1, -0.05) is 39.0 Å². The van der Waals surface area contributed by atoms with Gasteiger partial charge in [0.15, 0.2) is 0 Å². The molecule has 4 aliphatic carbocycles. The van der Waals surface area contributed by atoms with E-state index in [0.717, 1.165) is 41.4 Å². The molecule has 0 aliphatic heterocycles. The quantitative estimate of drug-likeness (QED) is 0.157. The Hall–Kier alpha value is -0.900. The number of hydrogen-bond donors (Lipinski definition) is 1. The summed E-state index contributed by atoms with van der Waals surface area (Å²) in [6.07, 6.45) is 26.4. The van der Waals surface area contributed by atoms with Crippen molar-refractivity contribution in [2.45, 2.75) is 136 Å². The number of esters is 1. The van der Waals surface area contributed by atoms with Crippen LogP contribution in [0.15, 0.2) is 0 Å².